The first-order chi connectivity index (χ1) is 6.72. The molecule has 0 aromatic carbocycles. The molecular weight excluding hydrogens is 174 g/mol. The van der Waals surface area contributed by atoms with Crippen molar-refractivity contribution >= 4 is 6.29 Å². The number of unbranched alkanes of at least 4 members (excludes halogenated alkanes) is 3. The van der Waals surface area contributed by atoms with Crippen LogP contribution in [0.1, 0.15) is 32.6 Å². The van der Waals surface area contributed by atoms with Crippen LogP contribution >= 0.6 is 0 Å². The highest BCUT2D eigenvalue weighted by Crippen LogP contribution is 2.04. The lowest BCUT2D eigenvalue weighted by Gasteiger charge is -2.18. The molecule has 0 atom stereocenters. The van der Waals surface area contributed by atoms with Gasteiger partial charge in [0.2, 0.25) is 0 Å². The van der Waals surface area contributed by atoms with Gasteiger partial charge in [0.1, 0.15) is 6.29 Å². The van der Waals surface area contributed by atoms with E-state index in [4.69, 9.17) is 0 Å². The van der Waals surface area contributed by atoms with Crippen LogP contribution in [0, 0.1) is 0 Å². The van der Waals surface area contributed by atoms with Gasteiger partial charge >= 0.3 is 0 Å². The molecule has 0 radical (unpaired) electrons. The summed E-state index contributed by atoms with van der Waals surface area (Å²) in [5.74, 6) is 0. The third kappa shape index (κ3) is 6.46. The molecule has 0 fully saturated rings. The largest absolute Gasteiger partial charge is 0.375 e. The predicted octanol–water partition coefficient (Wildman–Crippen LogP) is 2.77. The van der Waals surface area contributed by atoms with E-state index in [0.717, 1.165) is 18.5 Å². The topological polar surface area (TPSA) is 20.3 Å². The van der Waals surface area contributed by atoms with E-state index < -0.39 is 0 Å². The van der Waals surface area contributed by atoms with Crippen LogP contribution in [-0.2, 0) is 4.79 Å². The third-order valence-corrected chi connectivity index (χ3v) is 2.20. The molecular formula is C12H21NO. The molecule has 14 heavy (non-hydrogen) atoms. The Bertz CT molecular complexity index is 196. The van der Waals surface area contributed by atoms with Crippen LogP contribution in [0.3, 0.4) is 0 Å². The van der Waals surface area contributed by atoms with Crippen molar-refractivity contribution in [2.45, 2.75) is 32.6 Å². The van der Waals surface area contributed by atoms with Crippen LogP contribution in [0.4, 0.5) is 0 Å². The fourth-order valence-corrected chi connectivity index (χ4v) is 1.20. The molecule has 2 heteroatoms. The molecule has 0 bridgehead atoms. The number of carbonyl (C=O) groups excluding carboxylic acids is 1. The van der Waals surface area contributed by atoms with Gasteiger partial charge in [-0.1, -0.05) is 32.8 Å². The summed E-state index contributed by atoms with van der Waals surface area (Å²) in [4.78, 5) is 12.2. The van der Waals surface area contributed by atoms with Gasteiger partial charge in [0.05, 0.1) is 0 Å². The first-order valence-electron chi connectivity index (χ1n) is 5.24. The second-order valence-corrected chi connectivity index (χ2v) is 3.47. The summed E-state index contributed by atoms with van der Waals surface area (Å²) in [5, 5.41) is 0. The minimum absolute atomic E-state index is 0.774. The monoisotopic (exact) mass is 195 g/mol. The third-order valence-electron chi connectivity index (χ3n) is 2.20. The number of nitrogens with zero attached hydrogens (tertiary/aromatic N) is 1. The molecule has 0 N–H and O–H groups in total. The van der Waals surface area contributed by atoms with E-state index in [1.54, 1.807) is 6.08 Å². The standard InChI is InChI=1S/C12H21NO/c1-4-5-6-7-10-13(3)12(2)9-8-11-14/h8-9,11H,2,4-7,10H2,1,3H3/b9-8-. The maximum Gasteiger partial charge on any atom is 0.142 e. The quantitative estimate of drug-likeness (QED) is 0.257. The van der Waals surface area contributed by atoms with Crippen molar-refractivity contribution in [2.24, 2.45) is 0 Å². The highest BCUT2D eigenvalue weighted by molar-refractivity contribution is 5.65. The van der Waals surface area contributed by atoms with E-state index in [1.807, 2.05) is 7.05 Å². The minimum atomic E-state index is 0.774. The molecule has 0 aliphatic heterocycles. The molecule has 0 saturated carbocycles. The molecule has 0 unspecified atom stereocenters. The van der Waals surface area contributed by atoms with Gasteiger partial charge in [-0.25, -0.2) is 0 Å². The van der Waals surface area contributed by atoms with Gasteiger partial charge in [-0.3, -0.25) is 4.79 Å². The average Bonchev–Trinajstić information content (AvgIpc) is 2.20. The van der Waals surface area contributed by atoms with Gasteiger partial charge in [0.25, 0.3) is 0 Å². The molecule has 80 valence electrons. The van der Waals surface area contributed by atoms with Gasteiger partial charge in [-0.05, 0) is 18.6 Å². The van der Waals surface area contributed by atoms with Gasteiger partial charge in [-0.2, -0.15) is 0 Å². The number of aldehydes is 1. The zero-order valence-corrected chi connectivity index (χ0v) is 9.33. The number of hydrogen-bond acceptors (Lipinski definition) is 2. The summed E-state index contributed by atoms with van der Waals surface area (Å²) < 4.78 is 0. The van der Waals surface area contributed by atoms with E-state index in [2.05, 4.69) is 18.4 Å². The number of likely N-dealkylation sites (N-methyl/N-ethyl adjacent to an activating group) is 1. The van der Waals surface area contributed by atoms with Crippen LogP contribution in [0.25, 0.3) is 0 Å². The summed E-state index contributed by atoms with van der Waals surface area (Å²) in [6, 6.07) is 0. The van der Waals surface area contributed by atoms with Gasteiger partial charge in [0.15, 0.2) is 0 Å². The molecule has 0 heterocycles. The second-order valence-electron chi connectivity index (χ2n) is 3.47. The fourth-order valence-electron chi connectivity index (χ4n) is 1.20. The van der Waals surface area contributed by atoms with Crippen molar-refractivity contribution in [2.75, 3.05) is 13.6 Å². The molecule has 0 aliphatic rings. The Balaban J connectivity index is 3.61. The van der Waals surface area contributed by atoms with E-state index in [1.165, 1.54) is 31.8 Å². The van der Waals surface area contributed by atoms with E-state index in [0.29, 0.717) is 0 Å². The molecule has 0 saturated heterocycles. The molecule has 0 aromatic rings. The van der Waals surface area contributed by atoms with Crippen molar-refractivity contribution < 1.29 is 4.79 Å². The summed E-state index contributed by atoms with van der Waals surface area (Å²) in [6.07, 6.45) is 9.01. The Morgan fingerprint density at radius 2 is 2.07 bits per heavy atom. The number of allylic oxidation sites excluding steroid dienone is 2. The summed E-state index contributed by atoms with van der Waals surface area (Å²) in [6.45, 7) is 7.09. The zero-order valence-electron chi connectivity index (χ0n) is 9.33. The van der Waals surface area contributed by atoms with Crippen molar-refractivity contribution in [1.29, 1.82) is 0 Å². The summed E-state index contributed by atoms with van der Waals surface area (Å²) in [5.41, 5.74) is 0.897. The normalized spacial score (nSPS) is 10.4. The molecule has 2 nitrogen and oxygen atoms in total. The Kier molecular flexibility index (Phi) is 7.90. The van der Waals surface area contributed by atoms with E-state index in [9.17, 15) is 4.79 Å². The zero-order chi connectivity index (χ0) is 10.8. The summed E-state index contributed by atoms with van der Waals surface area (Å²) in [7, 11) is 2.00. The summed E-state index contributed by atoms with van der Waals surface area (Å²) >= 11 is 0. The molecule has 0 spiro atoms. The van der Waals surface area contributed by atoms with Crippen LogP contribution in [0.15, 0.2) is 24.4 Å². The van der Waals surface area contributed by atoms with Gasteiger partial charge in [-0.15, -0.1) is 0 Å². The predicted molar refractivity (Wildman–Crippen MR) is 61.1 cm³/mol. The van der Waals surface area contributed by atoms with E-state index >= 15 is 0 Å². The first kappa shape index (κ1) is 12.9. The minimum Gasteiger partial charge on any atom is -0.375 e. The van der Waals surface area contributed by atoms with Crippen LogP contribution < -0.4 is 0 Å². The Morgan fingerprint density at radius 1 is 1.36 bits per heavy atom. The number of carbonyl (C=O) groups is 1. The SMILES string of the molecule is C=C(/C=C\C=O)N(C)CCCCCC. The maximum atomic E-state index is 10.1. The second kappa shape index (κ2) is 8.54. The lowest BCUT2D eigenvalue weighted by atomic mass is 10.2. The van der Waals surface area contributed by atoms with Crippen molar-refractivity contribution in [3.63, 3.8) is 0 Å². The van der Waals surface area contributed by atoms with Crippen LogP contribution in [0.5, 0.6) is 0 Å². The first-order valence-corrected chi connectivity index (χ1v) is 5.24. The number of rotatable bonds is 8. The number of hydrogen-bond donors (Lipinski definition) is 0. The highest BCUT2D eigenvalue weighted by atomic mass is 16.1. The maximum absolute atomic E-state index is 10.1. The van der Waals surface area contributed by atoms with Gasteiger partial charge < -0.3 is 4.90 Å². The Morgan fingerprint density at radius 3 is 2.64 bits per heavy atom. The Labute approximate surface area is 87.3 Å². The van der Waals surface area contributed by atoms with Crippen LogP contribution in [0.2, 0.25) is 0 Å². The molecule has 0 amide bonds. The lowest BCUT2D eigenvalue weighted by Crippen LogP contribution is -2.17. The smallest absolute Gasteiger partial charge is 0.142 e. The molecule has 0 aliphatic carbocycles. The van der Waals surface area contributed by atoms with Crippen molar-refractivity contribution in [3.8, 4) is 0 Å². The van der Waals surface area contributed by atoms with Crippen LogP contribution in [-0.4, -0.2) is 24.8 Å². The molecule has 0 rings (SSSR count). The van der Waals surface area contributed by atoms with Gasteiger partial charge in [0, 0.05) is 19.3 Å². The lowest BCUT2D eigenvalue weighted by molar-refractivity contribution is -0.104. The van der Waals surface area contributed by atoms with Crippen molar-refractivity contribution in [3.05, 3.63) is 24.4 Å². The average molecular weight is 195 g/mol. The van der Waals surface area contributed by atoms with E-state index in [-0.39, 0.29) is 0 Å². The molecule has 0 aromatic heterocycles. The van der Waals surface area contributed by atoms with Crippen molar-refractivity contribution in [1.82, 2.24) is 4.90 Å². The fraction of sp³-hybridized carbons (Fsp3) is 0.583. The highest BCUT2D eigenvalue weighted by Gasteiger charge is 1.97. The Hall–Kier alpha value is -1.05.